The van der Waals surface area contributed by atoms with Crippen molar-refractivity contribution in [2.24, 2.45) is 0 Å². The van der Waals surface area contributed by atoms with Crippen LogP contribution in [0.4, 0.5) is 4.79 Å². The molecule has 0 radical (unpaired) electrons. The highest BCUT2D eigenvalue weighted by atomic mass is 32.2. The minimum Gasteiger partial charge on any atom is -0.497 e. The summed E-state index contributed by atoms with van der Waals surface area (Å²) in [5.74, 6) is 0.301. The Morgan fingerprint density at radius 2 is 1.93 bits per heavy atom. The summed E-state index contributed by atoms with van der Waals surface area (Å²) < 4.78 is 7.16. The minimum absolute atomic E-state index is 0.421. The third-order valence-corrected chi connectivity index (χ3v) is 5.20. The third kappa shape index (κ3) is 4.52. The Morgan fingerprint density at radius 1 is 1.14 bits per heavy atom. The van der Waals surface area contributed by atoms with E-state index in [2.05, 4.69) is 15.6 Å². The molecule has 1 heterocycles. The molecular weight excluding hydrogens is 376 g/mol. The lowest BCUT2D eigenvalue weighted by Crippen LogP contribution is -2.39. The van der Waals surface area contributed by atoms with Crippen LogP contribution in [0.3, 0.4) is 0 Å². The second-order valence-electron chi connectivity index (χ2n) is 5.76. The van der Waals surface area contributed by atoms with Crippen molar-refractivity contribution < 1.29 is 14.3 Å². The maximum absolute atomic E-state index is 12.7. The van der Waals surface area contributed by atoms with Crippen LogP contribution >= 0.6 is 11.8 Å². The van der Waals surface area contributed by atoms with Gasteiger partial charge < -0.3 is 10.1 Å². The van der Waals surface area contributed by atoms with E-state index in [9.17, 15) is 9.59 Å². The summed E-state index contributed by atoms with van der Waals surface area (Å²) >= 11 is 1.26. The van der Waals surface area contributed by atoms with Crippen molar-refractivity contribution in [3.63, 3.8) is 0 Å². The number of urea groups is 1. The van der Waals surface area contributed by atoms with E-state index in [-0.39, 0.29) is 0 Å². The zero-order valence-corrected chi connectivity index (χ0v) is 16.3. The SMILES string of the molecule is CNC(=O)NC(=O)C(Sc1nccn1-c1cccc(OC)c1)c1ccccc1. The number of imide groups is 1. The summed E-state index contributed by atoms with van der Waals surface area (Å²) in [5, 5.41) is 4.72. The molecule has 0 fully saturated rings. The number of carbonyl (C=O) groups excluding carboxylic acids is 2. The van der Waals surface area contributed by atoms with Crippen molar-refractivity contribution in [3.8, 4) is 11.4 Å². The van der Waals surface area contributed by atoms with E-state index in [1.165, 1.54) is 18.8 Å². The predicted molar refractivity (Wildman–Crippen MR) is 108 cm³/mol. The molecule has 7 nitrogen and oxygen atoms in total. The van der Waals surface area contributed by atoms with E-state index in [1.54, 1.807) is 13.3 Å². The highest BCUT2D eigenvalue weighted by Gasteiger charge is 2.25. The van der Waals surface area contributed by atoms with Gasteiger partial charge in [-0.2, -0.15) is 0 Å². The van der Waals surface area contributed by atoms with Crippen molar-refractivity contribution in [3.05, 3.63) is 72.6 Å². The van der Waals surface area contributed by atoms with Gasteiger partial charge in [0.05, 0.1) is 12.8 Å². The Hall–Kier alpha value is -3.26. The largest absolute Gasteiger partial charge is 0.497 e. The van der Waals surface area contributed by atoms with Crippen LogP contribution in [0.2, 0.25) is 0 Å². The summed E-state index contributed by atoms with van der Waals surface area (Å²) in [5.41, 5.74) is 1.63. The van der Waals surface area contributed by atoms with Gasteiger partial charge in [0.2, 0.25) is 5.91 Å². The quantitative estimate of drug-likeness (QED) is 0.625. The topological polar surface area (TPSA) is 85.3 Å². The number of hydrogen-bond donors (Lipinski definition) is 2. The first-order valence-corrected chi connectivity index (χ1v) is 9.42. The molecule has 28 heavy (non-hydrogen) atoms. The van der Waals surface area contributed by atoms with Crippen LogP contribution in [0.15, 0.2) is 72.1 Å². The fourth-order valence-corrected chi connectivity index (χ4v) is 3.65. The fraction of sp³-hybridized carbons (Fsp3) is 0.150. The number of ether oxygens (including phenoxy) is 1. The van der Waals surface area contributed by atoms with Crippen LogP contribution < -0.4 is 15.4 Å². The van der Waals surface area contributed by atoms with Crippen molar-refractivity contribution in [1.29, 1.82) is 0 Å². The van der Waals surface area contributed by atoms with Crippen LogP contribution in [0, 0.1) is 0 Å². The summed E-state index contributed by atoms with van der Waals surface area (Å²) in [6, 6.07) is 16.3. The normalized spacial score (nSPS) is 11.5. The standard InChI is InChI=1S/C20H20N4O3S/c1-21-19(26)23-18(25)17(14-7-4-3-5-8-14)28-20-22-11-12-24(20)15-9-6-10-16(13-15)27-2/h3-13,17H,1-2H3,(H2,21,23,25,26). The third-order valence-electron chi connectivity index (χ3n) is 3.97. The lowest BCUT2D eigenvalue weighted by molar-refractivity contribution is -0.119. The fourth-order valence-electron chi connectivity index (χ4n) is 2.58. The zero-order chi connectivity index (χ0) is 19.9. The molecule has 0 bridgehead atoms. The lowest BCUT2D eigenvalue weighted by Gasteiger charge is -2.17. The van der Waals surface area contributed by atoms with Gasteiger partial charge in [-0.1, -0.05) is 48.2 Å². The summed E-state index contributed by atoms with van der Waals surface area (Å²) in [7, 11) is 3.07. The van der Waals surface area contributed by atoms with Crippen molar-refractivity contribution in [1.82, 2.24) is 20.2 Å². The molecule has 144 valence electrons. The van der Waals surface area contributed by atoms with Crippen LogP contribution in [0.5, 0.6) is 5.75 Å². The van der Waals surface area contributed by atoms with Gasteiger partial charge in [0.25, 0.3) is 0 Å². The molecule has 8 heteroatoms. The average Bonchev–Trinajstić information content (AvgIpc) is 3.20. The highest BCUT2D eigenvalue weighted by molar-refractivity contribution is 8.00. The maximum Gasteiger partial charge on any atom is 0.321 e. The van der Waals surface area contributed by atoms with E-state index in [0.29, 0.717) is 5.16 Å². The Kier molecular flexibility index (Phi) is 6.33. The molecule has 0 saturated carbocycles. The molecule has 3 amide bonds. The first-order valence-electron chi connectivity index (χ1n) is 8.54. The molecular formula is C20H20N4O3S. The van der Waals surface area contributed by atoms with Crippen molar-refractivity contribution in [2.75, 3.05) is 14.2 Å². The Balaban J connectivity index is 1.93. The molecule has 0 spiro atoms. The van der Waals surface area contributed by atoms with Gasteiger partial charge in [0.15, 0.2) is 5.16 Å². The number of carbonyl (C=O) groups is 2. The van der Waals surface area contributed by atoms with Gasteiger partial charge in [-0.3, -0.25) is 14.7 Å². The van der Waals surface area contributed by atoms with Crippen molar-refractivity contribution in [2.45, 2.75) is 10.4 Å². The smallest absolute Gasteiger partial charge is 0.321 e. The summed E-state index contributed by atoms with van der Waals surface area (Å²) in [6.07, 6.45) is 3.48. The molecule has 0 saturated heterocycles. The van der Waals surface area contributed by atoms with Gasteiger partial charge in [0.1, 0.15) is 11.0 Å². The number of nitrogens with one attached hydrogen (secondary N) is 2. The second kappa shape index (κ2) is 9.09. The Bertz CT molecular complexity index is 959. The molecule has 3 aromatic rings. The van der Waals surface area contributed by atoms with Crippen LogP contribution in [-0.4, -0.2) is 35.6 Å². The molecule has 2 N–H and O–H groups in total. The number of benzene rings is 2. The molecule has 0 aliphatic rings. The van der Waals surface area contributed by atoms with E-state index >= 15 is 0 Å². The van der Waals surface area contributed by atoms with Gasteiger partial charge in [0, 0.05) is 25.5 Å². The number of imidazole rings is 1. The van der Waals surface area contributed by atoms with Gasteiger partial charge in [-0.05, 0) is 17.7 Å². The summed E-state index contributed by atoms with van der Waals surface area (Å²) in [6.45, 7) is 0. The molecule has 0 aliphatic heterocycles. The average molecular weight is 396 g/mol. The highest BCUT2D eigenvalue weighted by Crippen LogP contribution is 2.35. The number of methoxy groups -OCH3 is 1. The van der Waals surface area contributed by atoms with Gasteiger partial charge >= 0.3 is 6.03 Å². The number of thioether (sulfide) groups is 1. The second-order valence-corrected chi connectivity index (χ2v) is 6.83. The number of aromatic nitrogens is 2. The van der Waals surface area contributed by atoms with Gasteiger partial charge in [-0.25, -0.2) is 9.78 Å². The number of rotatable bonds is 6. The lowest BCUT2D eigenvalue weighted by atomic mass is 10.1. The molecule has 1 aromatic heterocycles. The van der Waals surface area contributed by atoms with E-state index in [1.807, 2.05) is 65.4 Å². The summed E-state index contributed by atoms with van der Waals surface area (Å²) in [4.78, 5) is 28.8. The number of amides is 3. The zero-order valence-electron chi connectivity index (χ0n) is 15.5. The monoisotopic (exact) mass is 396 g/mol. The Morgan fingerprint density at radius 3 is 2.64 bits per heavy atom. The molecule has 3 rings (SSSR count). The Labute approximate surface area is 167 Å². The van der Waals surface area contributed by atoms with Crippen LogP contribution in [0.25, 0.3) is 5.69 Å². The molecule has 0 aliphatic carbocycles. The van der Waals surface area contributed by atoms with E-state index < -0.39 is 17.2 Å². The van der Waals surface area contributed by atoms with Crippen LogP contribution in [-0.2, 0) is 4.79 Å². The molecule has 1 unspecified atom stereocenters. The van der Waals surface area contributed by atoms with E-state index in [0.717, 1.165) is 17.0 Å². The minimum atomic E-state index is -0.648. The number of nitrogens with zero attached hydrogens (tertiary/aromatic N) is 2. The first kappa shape index (κ1) is 19.5. The van der Waals surface area contributed by atoms with Crippen molar-refractivity contribution >= 4 is 23.7 Å². The molecule has 1 atom stereocenters. The van der Waals surface area contributed by atoms with Gasteiger partial charge in [-0.15, -0.1) is 0 Å². The predicted octanol–water partition coefficient (Wildman–Crippen LogP) is 3.17. The maximum atomic E-state index is 12.7. The first-order chi connectivity index (χ1) is 13.6. The van der Waals surface area contributed by atoms with E-state index in [4.69, 9.17) is 4.74 Å². The number of hydrogen-bond acceptors (Lipinski definition) is 5. The molecule has 2 aromatic carbocycles. The van der Waals surface area contributed by atoms with Crippen LogP contribution in [0.1, 0.15) is 10.8 Å².